The first-order chi connectivity index (χ1) is 13.2. The number of hydrogen-bond donors (Lipinski definition) is 2. The van der Waals surface area contributed by atoms with Gasteiger partial charge in [0.25, 0.3) is 5.91 Å². The number of anilines is 1. The van der Waals surface area contributed by atoms with Crippen molar-refractivity contribution in [2.24, 2.45) is 7.05 Å². The third kappa shape index (κ3) is 4.01. The molecule has 0 unspecified atom stereocenters. The third-order valence-electron chi connectivity index (χ3n) is 3.91. The van der Waals surface area contributed by atoms with Gasteiger partial charge in [0.2, 0.25) is 0 Å². The lowest BCUT2D eigenvalue weighted by molar-refractivity contribution is 0.0977. The van der Waals surface area contributed by atoms with Crippen LogP contribution in [0, 0.1) is 18.6 Å². The molecular weight excluding hydrogens is 390 g/mol. The predicted molar refractivity (Wildman–Crippen MR) is 99.7 cm³/mol. The highest BCUT2D eigenvalue weighted by Gasteiger charge is 2.22. The summed E-state index contributed by atoms with van der Waals surface area (Å²) < 4.78 is 57.7. The van der Waals surface area contributed by atoms with E-state index in [0.29, 0.717) is 11.3 Å². The quantitative estimate of drug-likeness (QED) is 0.681. The molecule has 2 N–H and O–H groups in total. The highest BCUT2D eigenvalue weighted by atomic mass is 32.2. The van der Waals surface area contributed by atoms with Crippen molar-refractivity contribution in [1.82, 2.24) is 14.3 Å². The molecule has 1 heterocycles. The van der Waals surface area contributed by atoms with E-state index in [4.69, 9.17) is 0 Å². The fraction of sp³-hybridized carbons (Fsp3) is 0.111. The Bertz CT molecular complexity index is 1140. The van der Waals surface area contributed by atoms with Crippen molar-refractivity contribution in [2.75, 3.05) is 4.72 Å². The van der Waals surface area contributed by atoms with E-state index in [2.05, 4.69) is 9.71 Å². The molecule has 0 spiro atoms. The van der Waals surface area contributed by atoms with Gasteiger partial charge in [0, 0.05) is 13.2 Å². The zero-order valence-corrected chi connectivity index (χ0v) is 15.7. The van der Waals surface area contributed by atoms with Gasteiger partial charge in [0.15, 0.2) is 0 Å². The van der Waals surface area contributed by atoms with E-state index in [1.54, 1.807) is 31.2 Å². The average molecular weight is 406 g/mol. The molecule has 146 valence electrons. The normalized spacial score (nSPS) is 11.3. The molecule has 0 aliphatic heterocycles. The second-order valence-electron chi connectivity index (χ2n) is 6.01. The Kier molecular flexibility index (Phi) is 5.14. The first-order valence-corrected chi connectivity index (χ1v) is 9.54. The average Bonchev–Trinajstić information content (AvgIpc) is 2.98. The topological polar surface area (TPSA) is 93.1 Å². The zero-order valence-electron chi connectivity index (χ0n) is 14.9. The summed E-state index contributed by atoms with van der Waals surface area (Å²) in [6.07, 6.45) is 1.18. The number of carbonyl (C=O) groups excluding carboxylic acids is 1. The molecule has 0 fully saturated rings. The van der Waals surface area contributed by atoms with Gasteiger partial charge in [-0.3, -0.25) is 9.52 Å². The highest BCUT2D eigenvalue weighted by molar-refractivity contribution is 7.91. The first-order valence-electron chi connectivity index (χ1n) is 8.06. The third-order valence-corrected chi connectivity index (χ3v) is 4.85. The van der Waals surface area contributed by atoms with Crippen molar-refractivity contribution in [1.29, 1.82) is 0 Å². The lowest BCUT2D eigenvalue weighted by atomic mass is 10.2. The van der Waals surface area contributed by atoms with Crippen LogP contribution in [0.5, 0.6) is 0 Å². The molecule has 0 radical (unpaired) electrons. The van der Waals surface area contributed by atoms with E-state index in [1.807, 2.05) is 4.72 Å². The summed E-state index contributed by atoms with van der Waals surface area (Å²) in [5.41, 5.74) is 0.244. The molecule has 3 aromatic rings. The van der Waals surface area contributed by atoms with Crippen LogP contribution in [0.25, 0.3) is 11.4 Å². The Hall–Kier alpha value is -3.27. The first kappa shape index (κ1) is 19.5. The summed E-state index contributed by atoms with van der Waals surface area (Å²) in [7, 11) is -2.80. The highest BCUT2D eigenvalue weighted by Crippen LogP contribution is 2.25. The standard InChI is InChI=1S/C18H16F2N4O3S/c1-11-6-3-4-9-14(11)22-28(26,27)23-18(25)15-10-24(2)17(21-15)16-12(19)7-5-8-13(16)20/h3-10,22H,1-2H3,(H,23,25). The summed E-state index contributed by atoms with van der Waals surface area (Å²) in [5.74, 6) is -2.89. The molecule has 0 bridgehead atoms. The van der Waals surface area contributed by atoms with Crippen LogP contribution in [-0.2, 0) is 17.3 Å². The molecular formula is C18H16F2N4O3S. The molecule has 2 aromatic carbocycles. The van der Waals surface area contributed by atoms with Crippen molar-refractivity contribution in [3.05, 3.63) is 71.6 Å². The molecule has 0 saturated heterocycles. The van der Waals surface area contributed by atoms with Crippen molar-refractivity contribution in [3.8, 4) is 11.4 Å². The zero-order chi connectivity index (χ0) is 20.5. The van der Waals surface area contributed by atoms with Crippen LogP contribution in [0.4, 0.5) is 14.5 Å². The molecule has 28 heavy (non-hydrogen) atoms. The summed E-state index contributed by atoms with van der Waals surface area (Å²) in [5, 5.41) is 0. The van der Waals surface area contributed by atoms with E-state index >= 15 is 0 Å². The molecule has 1 amide bonds. The second-order valence-corrected chi connectivity index (χ2v) is 7.42. The van der Waals surface area contributed by atoms with E-state index in [9.17, 15) is 22.0 Å². The maximum Gasteiger partial charge on any atom is 0.324 e. The lowest BCUT2D eigenvalue weighted by Gasteiger charge is -2.10. The van der Waals surface area contributed by atoms with Crippen LogP contribution in [0.3, 0.4) is 0 Å². The Balaban J connectivity index is 1.85. The summed E-state index contributed by atoms with van der Waals surface area (Å²) >= 11 is 0. The van der Waals surface area contributed by atoms with Gasteiger partial charge in [-0.1, -0.05) is 24.3 Å². The lowest BCUT2D eigenvalue weighted by Crippen LogP contribution is -2.35. The number of aromatic nitrogens is 2. The number of rotatable bonds is 5. The van der Waals surface area contributed by atoms with Gasteiger partial charge in [-0.2, -0.15) is 8.42 Å². The summed E-state index contributed by atoms with van der Waals surface area (Å²) in [6.45, 7) is 1.70. The van der Waals surface area contributed by atoms with Crippen LogP contribution < -0.4 is 9.44 Å². The van der Waals surface area contributed by atoms with Gasteiger partial charge in [-0.15, -0.1) is 0 Å². The Morgan fingerprint density at radius 3 is 2.36 bits per heavy atom. The van der Waals surface area contributed by atoms with Crippen LogP contribution in [0.2, 0.25) is 0 Å². The number of nitrogens with zero attached hydrogens (tertiary/aromatic N) is 2. The minimum atomic E-state index is -4.24. The predicted octanol–water partition coefficient (Wildman–Crippen LogP) is 2.76. The summed E-state index contributed by atoms with van der Waals surface area (Å²) in [4.78, 5) is 16.2. The minimum Gasteiger partial charge on any atom is -0.333 e. The van der Waals surface area contributed by atoms with Gasteiger partial charge >= 0.3 is 10.2 Å². The Labute approximate surface area is 160 Å². The fourth-order valence-electron chi connectivity index (χ4n) is 2.55. The summed E-state index contributed by atoms with van der Waals surface area (Å²) in [6, 6.07) is 9.94. The molecule has 3 rings (SSSR count). The fourth-order valence-corrected chi connectivity index (χ4v) is 3.47. The van der Waals surface area contributed by atoms with Gasteiger partial charge in [0.1, 0.15) is 23.2 Å². The van der Waals surface area contributed by atoms with Gasteiger partial charge in [-0.05, 0) is 30.7 Å². The molecule has 1 aromatic heterocycles. The number of carbonyl (C=O) groups is 1. The van der Waals surface area contributed by atoms with E-state index in [-0.39, 0.29) is 11.5 Å². The smallest absolute Gasteiger partial charge is 0.324 e. The van der Waals surface area contributed by atoms with E-state index in [1.165, 1.54) is 23.9 Å². The van der Waals surface area contributed by atoms with Crippen molar-refractivity contribution in [2.45, 2.75) is 6.92 Å². The van der Waals surface area contributed by atoms with Crippen LogP contribution in [0.1, 0.15) is 16.1 Å². The van der Waals surface area contributed by atoms with Crippen LogP contribution >= 0.6 is 0 Å². The SMILES string of the molecule is Cc1ccccc1NS(=O)(=O)NC(=O)c1cn(C)c(-c2c(F)cccc2F)n1. The van der Waals surface area contributed by atoms with Gasteiger partial charge in [0.05, 0.1) is 11.3 Å². The van der Waals surface area contributed by atoms with Crippen molar-refractivity contribution < 1.29 is 22.0 Å². The number of imidazole rings is 1. The molecule has 0 aliphatic rings. The number of para-hydroxylation sites is 1. The second kappa shape index (κ2) is 7.39. The number of hydrogen-bond acceptors (Lipinski definition) is 4. The molecule has 0 saturated carbocycles. The van der Waals surface area contributed by atoms with Gasteiger partial charge in [-0.25, -0.2) is 18.5 Å². The Morgan fingerprint density at radius 2 is 1.71 bits per heavy atom. The largest absolute Gasteiger partial charge is 0.333 e. The minimum absolute atomic E-state index is 0.148. The van der Waals surface area contributed by atoms with Crippen molar-refractivity contribution >= 4 is 21.8 Å². The maximum atomic E-state index is 14.0. The molecule has 0 aliphatic carbocycles. The molecule has 7 nitrogen and oxygen atoms in total. The number of halogens is 2. The van der Waals surface area contributed by atoms with Crippen LogP contribution in [0.15, 0.2) is 48.7 Å². The maximum absolute atomic E-state index is 14.0. The van der Waals surface area contributed by atoms with Crippen molar-refractivity contribution in [3.63, 3.8) is 0 Å². The number of benzene rings is 2. The number of aryl methyl sites for hydroxylation is 2. The molecule has 0 atom stereocenters. The molecule has 10 heteroatoms. The van der Waals surface area contributed by atoms with Gasteiger partial charge < -0.3 is 4.57 Å². The van der Waals surface area contributed by atoms with E-state index in [0.717, 1.165) is 12.1 Å². The van der Waals surface area contributed by atoms with Crippen LogP contribution in [-0.4, -0.2) is 23.9 Å². The number of nitrogens with one attached hydrogen (secondary N) is 2. The van der Waals surface area contributed by atoms with E-state index < -0.39 is 33.3 Å². The Morgan fingerprint density at radius 1 is 1.07 bits per heavy atom. The monoisotopic (exact) mass is 406 g/mol. The number of amides is 1.